The highest BCUT2D eigenvalue weighted by Gasteiger charge is 2.20. The normalized spacial score (nSPS) is 11.0. The van der Waals surface area contributed by atoms with Crippen LogP contribution in [0.25, 0.3) is 10.9 Å². The van der Waals surface area contributed by atoms with Crippen LogP contribution in [0.3, 0.4) is 0 Å². The van der Waals surface area contributed by atoms with Gasteiger partial charge in [0.15, 0.2) is 0 Å². The molecule has 0 aliphatic carbocycles. The van der Waals surface area contributed by atoms with Gasteiger partial charge in [0, 0.05) is 5.39 Å². The Morgan fingerprint density at radius 3 is 2.71 bits per heavy atom. The lowest BCUT2D eigenvalue weighted by Crippen LogP contribution is -2.20. The van der Waals surface area contributed by atoms with E-state index in [9.17, 15) is 9.59 Å². The number of hydrogen-bond donors (Lipinski definition) is 1. The first-order chi connectivity index (χ1) is 11.6. The van der Waals surface area contributed by atoms with E-state index in [1.165, 1.54) is 24.6 Å². The number of aryl methyl sites for hydroxylation is 1. The zero-order valence-electron chi connectivity index (χ0n) is 14.6. The Kier molecular flexibility index (Phi) is 6.91. The number of aromatic amines is 1. The van der Waals surface area contributed by atoms with Crippen LogP contribution in [0.5, 0.6) is 0 Å². The van der Waals surface area contributed by atoms with Gasteiger partial charge in [-0.1, -0.05) is 37.8 Å². The quantitative estimate of drug-likeness (QED) is 0.428. The summed E-state index contributed by atoms with van der Waals surface area (Å²) in [6, 6.07) is 5.66. The predicted molar refractivity (Wildman–Crippen MR) is 100 cm³/mol. The molecule has 0 fully saturated rings. The van der Waals surface area contributed by atoms with Gasteiger partial charge in [0.05, 0.1) is 17.1 Å². The summed E-state index contributed by atoms with van der Waals surface area (Å²) in [7, 11) is 0. The number of nitrogens with one attached hydrogen (secondary N) is 1. The molecule has 2 rings (SSSR count). The Morgan fingerprint density at radius 1 is 1.21 bits per heavy atom. The average molecular weight is 347 g/mol. The molecule has 130 valence electrons. The summed E-state index contributed by atoms with van der Waals surface area (Å²) in [4.78, 5) is 28.4. The van der Waals surface area contributed by atoms with Crippen LogP contribution in [0.15, 0.2) is 28.0 Å². The maximum absolute atomic E-state index is 12.8. The molecule has 0 aliphatic heterocycles. The second-order valence-corrected chi connectivity index (χ2v) is 6.94. The van der Waals surface area contributed by atoms with Crippen LogP contribution in [0.2, 0.25) is 0 Å². The smallest absolute Gasteiger partial charge is 0.344 e. The summed E-state index contributed by atoms with van der Waals surface area (Å²) in [6.45, 7) is 6.10. The lowest BCUT2D eigenvalue weighted by molar-refractivity contribution is 0.0520. The molecule has 1 N–H and O–H groups in total. The molecule has 1 aromatic carbocycles. The van der Waals surface area contributed by atoms with Crippen LogP contribution in [0.1, 0.15) is 55.5 Å². The van der Waals surface area contributed by atoms with Gasteiger partial charge >= 0.3 is 5.97 Å². The summed E-state index contributed by atoms with van der Waals surface area (Å²) in [6.07, 6.45) is 4.62. The van der Waals surface area contributed by atoms with Gasteiger partial charge in [-0.05, 0) is 38.2 Å². The number of hydrogen-bond acceptors (Lipinski definition) is 4. The van der Waals surface area contributed by atoms with E-state index in [2.05, 4.69) is 11.9 Å². The Bertz CT molecular complexity index is 767. The zero-order valence-corrected chi connectivity index (χ0v) is 15.4. The van der Waals surface area contributed by atoms with Gasteiger partial charge in [-0.3, -0.25) is 4.79 Å². The molecule has 2 aromatic rings. The first-order valence-corrected chi connectivity index (χ1v) is 9.53. The number of ether oxygens (including phenoxy) is 1. The van der Waals surface area contributed by atoms with Crippen molar-refractivity contribution in [3.05, 3.63) is 39.5 Å². The number of esters is 1. The Labute approximate surface area is 147 Å². The van der Waals surface area contributed by atoms with Crippen LogP contribution in [0, 0.1) is 6.92 Å². The van der Waals surface area contributed by atoms with Gasteiger partial charge in [0.1, 0.15) is 5.56 Å². The molecule has 4 nitrogen and oxygen atoms in total. The summed E-state index contributed by atoms with van der Waals surface area (Å²) in [5, 5.41) is 1.15. The molecule has 5 heteroatoms. The Balaban J connectivity index is 2.39. The van der Waals surface area contributed by atoms with E-state index < -0.39 is 5.97 Å². The fraction of sp³-hybridized carbons (Fsp3) is 0.474. The van der Waals surface area contributed by atoms with Crippen LogP contribution < -0.4 is 5.43 Å². The van der Waals surface area contributed by atoms with Crippen LogP contribution in [-0.4, -0.2) is 23.3 Å². The number of unbranched alkanes of at least 4 members (excludes halogenated alkanes) is 3. The van der Waals surface area contributed by atoms with Crippen LogP contribution >= 0.6 is 11.8 Å². The van der Waals surface area contributed by atoms with E-state index in [1.54, 1.807) is 6.92 Å². The van der Waals surface area contributed by atoms with Gasteiger partial charge in [0.25, 0.3) is 0 Å². The molecule has 0 bridgehead atoms. The highest BCUT2D eigenvalue weighted by Crippen LogP contribution is 2.24. The molecule has 24 heavy (non-hydrogen) atoms. The topological polar surface area (TPSA) is 59.2 Å². The number of pyridine rings is 1. The van der Waals surface area contributed by atoms with Crippen molar-refractivity contribution in [3.63, 3.8) is 0 Å². The van der Waals surface area contributed by atoms with Crippen molar-refractivity contribution in [3.8, 4) is 0 Å². The van der Waals surface area contributed by atoms with Gasteiger partial charge in [-0.2, -0.15) is 0 Å². The molecule has 0 saturated heterocycles. The van der Waals surface area contributed by atoms with Gasteiger partial charge in [0.2, 0.25) is 5.43 Å². The molecule has 0 spiro atoms. The van der Waals surface area contributed by atoms with Gasteiger partial charge < -0.3 is 9.72 Å². The number of aromatic nitrogens is 1. The second-order valence-electron chi connectivity index (χ2n) is 5.84. The van der Waals surface area contributed by atoms with E-state index in [0.717, 1.165) is 29.7 Å². The number of carbonyl (C=O) groups excluding carboxylic acids is 1. The first kappa shape index (κ1) is 18.6. The molecule has 0 unspecified atom stereocenters. The highest BCUT2D eigenvalue weighted by atomic mass is 32.2. The summed E-state index contributed by atoms with van der Waals surface area (Å²) >= 11 is 1.53. The third-order valence-electron chi connectivity index (χ3n) is 3.85. The minimum Gasteiger partial charge on any atom is -0.462 e. The third kappa shape index (κ3) is 4.41. The molecule has 0 amide bonds. The van der Waals surface area contributed by atoms with Gasteiger partial charge in [-0.15, -0.1) is 11.8 Å². The van der Waals surface area contributed by atoms with Crippen molar-refractivity contribution < 1.29 is 9.53 Å². The van der Waals surface area contributed by atoms with Crippen molar-refractivity contribution in [2.24, 2.45) is 0 Å². The lowest BCUT2D eigenvalue weighted by atomic mass is 10.1. The number of rotatable bonds is 8. The predicted octanol–water partition coefficient (Wildman–Crippen LogP) is 4.69. The minimum atomic E-state index is -0.543. The Hall–Kier alpha value is -1.75. The fourth-order valence-corrected chi connectivity index (χ4v) is 3.63. The largest absolute Gasteiger partial charge is 0.462 e. The number of carbonyl (C=O) groups is 1. The summed E-state index contributed by atoms with van der Waals surface area (Å²) in [5.41, 5.74) is 1.63. The number of benzene rings is 1. The molecule has 1 heterocycles. The SMILES string of the molecule is CCCCCCSc1[nH]c2ccc(C)cc2c(=O)c1C(=O)OCC. The summed E-state index contributed by atoms with van der Waals surface area (Å²) < 4.78 is 5.10. The van der Waals surface area contributed by atoms with Gasteiger partial charge in [-0.25, -0.2) is 4.79 Å². The summed E-state index contributed by atoms with van der Waals surface area (Å²) in [5.74, 6) is 0.331. The standard InChI is InChI=1S/C19H25NO3S/c1-4-6-7-8-11-24-18-16(19(22)23-5-2)17(21)14-12-13(3)9-10-15(14)20-18/h9-10,12H,4-8,11H2,1-3H3,(H,20,21). The third-order valence-corrected chi connectivity index (χ3v) is 4.93. The molecule has 0 atom stereocenters. The van der Waals surface area contributed by atoms with Crippen molar-refractivity contribution >= 4 is 28.6 Å². The second kappa shape index (κ2) is 8.92. The Morgan fingerprint density at radius 2 is 2.00 bits per heavy atom. The van der Waals surface area contributed by atoms with E-state index in [0.29, 0.717) is 10.4 Å². The van der Waals surface area contributed by atoms with E-state index >= 15 is 0 Å². The zero-order chi connectivity index (χ0) is 17.5. The number of fused-ring (bicyclic) bond motifs is 1. The molecular weight excluding hydrogens is 322 g/mol. The molecule has 0 aliphatic rings. The number of H-pyrrole nitrogens is 1. The minimum absolute atomic E-state index is 0.135. The van der Waals surface area contributed by atoms with E-state index in [1.807, 2.05) is 25.1 Å². The number of thioether (sulfide) groups is 1. The van der Waals surface area contributed by atoms with Crippen molar-refractivity contribution in [1.29, 1.82) is 0 Å². The maximum Gasteiger partial charge on any atom is 0.344 e. The van der Waals surface area contributed by atoms with Crippen molar-refractivity contribution in [2.75, 3.05) is 12.4 Å². The maximum atomic E-state index is 12.8. The van der Waals surface area contributed by atoms with Crippen molar-refractivity contribution in [2.45, 2.75) is 51.5 Å². The molecule has 0 radical (unpaired) electrons. The molecular formula is C19H25NO3S. The van der Waals surface area contributed by atoms with Crippen LogP contribution in [-0.2, 0) is 4.74 Å². The molecule has 1 aromatic heterocycles. The highest BCUT2D eigenvalue weighted by molar-refractivity contribution is 7.99. The van der Waals surface area contributed by atoms with Crippen LogP contribution in [0.4, 0.5) is 0 Å². The van der Waals surface area contributed by atoms with Crippen molar-refractivity contribution in [1.82, 2.24) is 4.98 Å². The fourth-order valence-electron chi connectivity index (χ4n) is 2.58. The molecule has 0 saturated carbocycles. The first-order valence-electron chi connectivity index (χ1n) is 8.55. The average Bonchev–Trinajstić information content (AvgIpc) is 2.55. The lowest BCUT2D eigenvalue weighted by Gasteiger charge is -2.11. The monoisotopic (exact) mass is 347 g/mol. The van der Waals surface area contributed by atoms with E-state index in [4.69, 9.17) is 4.74 Å². The van der Waals surface area contributed by atoms with E-state index in [-0.39, 0.29) is 17.6 Å².